The summed E-state index contributed by atoms with van der Waals surface area (Å²) in [5.74, 6) is -0.711. The highest BCUT2D eigenvalue weighted by molar-refractivity contribution is 8.00. The van der Waals surface area contributed by atoms with Crippen LogP contribution in [0.2, 0.25) is 0 Å². The van der Waals surface area contributed by atoms with Crippen LogP contribution in [0.25, 0.3) is 0 Å². The summed E-state index contributed by atoms with van der Waals surface area (Å²) < 4.78 is 38.9. The van der Waals surface area contributed by atoms with E-state index in [1.54, 1.807) is 6.92 Å². The largest absolute Gasteiger partial charge is 0.418 e. The van der Waals surface area contributed by atoms with Gasteiger partial charge in [0.2, 0.25) is 5.91 Å². The maximum absolute atomic E-state index is 13.0. The molecule has 0 spiro atoms. The van der Waals surface area contributed by atoms with Crippen molar-refractivity contribution < 1.29 is 18.0 Å². The number of para-hydroxylation sites is 1. The fourth-order valence-corrected chi connectivity index (χ4v) is 2.78. The van der Waals surface area contributed by atoms with Crippen LogP contribution >= 0.6 is 11.8 Å². The smallest absolute Gasteiger partial charge is 0.325 e. The summed E-state index contributed by atoms with van der Waals surface area (Å²) in [6, 6.07) is 4.59. The van der Waals surface area contributed by atoms with Crippen molar-refractivity contribution in [3.05, 3.63) is 50.7 Å². The number of thioether (sulfide) groups is 1. The first-order valence-corrected chi connectivity index (χ1v) is 7.93. The number of hydrogen-bond acceptors (Lipinski definition) is 5. The Morgan fingerprint density at radius 2 is 2.00 bits per heavy atom. The molecule has 2 rings (SSSR count). The number of aromatic nitrogens is 3. The number of H-pyrrole nitrogens is 2. The van der Waals surface area contributed by atoms with E-state index in [0.29, 0.717) is 0 Å². The summed E-state index contributed by atoms with van der Waals surface area (Å²) in [7, 11) is 0. The van der Waals surface area contributed by atoms with E-state index in [2.05, 4.69) is 10.4 Å². The van der Waals surface area contributed by atoms with Gasteiger partial charge in [-0.3, -0.25) is 14.6 Å². The molecule has 0 aliphatic carbocycles. The topological polar surface area (TPSA) is 108 Å². The Labute approximate surface area is 143 Å². The van der Waals surface area contributed by atoms with Gasteiger partial charge in [-0.05, 0) is 18.6 Å². The number of hydrogen-bond donors (Lipinski definition) is 3. The third-order valence-electron chi connectivity index (χ3n) is 3.09. The van der Waals surface area contributed by atoms with Crippen LogP contribution < -0.4 is 16.6 Å². The van der Waals surface area contributed by atoms with Crippen molar-refractivity contribution >= 4 is 23.4 Å². The van der Waals surface area contributed by atoms with Gasteiger partial charge in [-0.25, -0.2) is 9.89 Å². The van der Waals surface area contributed by atoms with E-state index in [-0.39, 0.29) is 17.1 Å². The zero-order valence-electron chi connectivity index (χ0n) is 12.8. The first-order valence-electron chi connectivity index (χ1n) is 7.05. The Bertz CT molecular complexity index is 878. The van der Waals surface area contributed by atoms with Crippen LogP contribution in [-0.2, 0) is 11.0 Å². The molecule has 0 unspecified atom stereocenters. The maximum atomic E-state index is 13.0. The van der Waals surface area contributed by atoms with E-state index in [9.17, 15) is 27.6 Å². The van der Waals surface area contributed by atoms with Crippen molar-refractivity contribution in [2.75, 3.05) is 5.32 Å². The van der Waals surface area contributed by atoms with E-state index in [4.69, 9.17) is 0 Å². The van der Waals surface area contributed by atoms with Crippen molar-refractivity contribution in [3.63, 3.8) is 0 Å². The summed E-state index contributed by atoms with van der Waals surface area (Å²) in [5.41, 5.74) is -2.92. The van der Waals surface area contributed by atoms with Crippen molar-refractivity contribution in [2.45, 2.75) is 29.8 Å². The molecule has 1 atom stereocenters. The van der Waals surface area contributed by atoms with Crippen molar-refractivity contribution in [2.24, 2.45) is 0 Å². The normalized spacial score (nSPS) is 12.6. The van der Waals surface area contributed by atoms with Crippen molar-refractivity contribution in [1.82, 2.24) is 15.2 Å². The second-order valence-electron chi connectivity index (χ2n) is 4.86. The Morgan fingerprint density at radius 1 is 1.32 bits per heavy atom. The van der Waals surface area contributed by atoms with Gasteiger partial charge in [0.25, 0.3) is 5.56 Å². The third kappa shape index (κ3) is 4.72. The number of nitrogens with zero attached hydrogens (tertiary/aromatic N) is 1. The number of carbonyl (C=O) groups excluding carboxylic acids is 1. The molecule has 1 aromatic heterocycles. The molecule has 0 aliphatic heterocycles. The van der Waals surface area contributed by atoms with Crippen LogP contribution in [0, 0.1) is 0 Å². The first kappa shape index (κ1) is 18.8. The fraction of sp³-hybridized carbons (Fsp3) is 0.286. The molecular weight excluding hydrogens is 361 g/mol. The lowest BCUT2D eigenvalue weighted by Gasteiger charge is -2.17. The Morgan fingerprint density at radius 3 is 2.60 bits per heavy atom. The molecule has 0 fully saturated rings. The molecule has 134 valence electrons. The quantitative estimate of drug-likeness (QED) is 0.694. The minimum Gasteiger partial charge on any atom is -0.325 e. The molecule has 1 aromatic carbocycles. The summed E-state index contributed by atoms with van der Waals surface area (Å²) in [6.45, 7) is 1.63. The van der Waals surface area contributed by atoms with Gasteiger partial charge in [0.1, 0.15) is 0 Å². The molecule has 0 saturated carbocycles. The Kier molecular flexibility index (Phi) is 5.67. The average molecular weight is 374 g/mol. The zero-order chi connectivity index (χ0) is 18.6. The number of rotatable bonds is 5. The lowest BCUT2D eigenvalue weighted by atomic mass is 10.1. The molecule has 7 nitrogen and oxygen atoms in total. The molecule has 0 radical (unpaired) electrons. The summed E-state index contributed by atoms with van der Waals surface area (Å²) in [4.78, 5) is 36.8. The highest BCUT2D eigenvalue weighted by atomic mass is 32.2. The number of benzene rings is 1. The zero-order valence-corrected chi connectivity index (χ0v) is 13.6. The second-order valence-corrected chi connectivity index (χ2v) is 6.05. The minimum absolute atomic E-state index is 0.161. The van der Waals surface area contributed by atoms with Gasteiger partial charge >= 0.3 is 11.9 Å². The molecule has 11 heteroatoms. The predicted octanol–water partition coefficient (Wildman–Crippen LogP) is 1.99. The monoisotopic (exact) mass is 374 g/mol. The molecule has 0 saturated heterocycles. The van der Waals surface area contributed by atoms with Crippen LogP contribution in [0.3, 0.4) is 0 Å². The van der Waals surface area contributed by atoms with Crippen LogP contribution in [0.1, 0.15) is 18.9 Å². The number of alkyl halides is 3. The molecule has 25 heavy (non-hydrogen) atoms. The molecule has 2 aromatic rings. The van der Waals surface area contributed by atoms with Gasteiger partial charge in [0.05, 0.1) is 16.5 Å². The van der Waals surface area contributed by atoms with E-state index in [1.807, 2.05) is 10.1 Å². The number of halogens is 3. The van der Waals surface area contributed by atoms with Crippen LogP contribution in [0.15, 0.2) is 38.9 Å². The molecule has 0 bridgehead atoms. The van der Waals surface area contributed by atoms with Crippen molar-refractivity contribution in [3.8, 4) is 0 Å². The molecule has 0 aliphatic rings. The number of anilines is 1. The number of amides is 1. The molecular formula is C14H13F3N4O3S. The highest BCUT2D eigenvalue weighted by Gasteiger charge is 2.34. The summed E-state index contributed by atoms with van der Waals surface area (Å²) in [5, 5.41) is 6.75. The van der Waals surface area contributed by atoms with Crippen LogP contribution in [-0.4, -0.2) is 26.3 Å². The van der Waals surface area contributed by atoms with Crippen LogP contribution in [0.4, 0.5) is 18.9 Å². The molecule has 1 amide bonds. The Hall–Kier alpha value is -2.56. The highest BCUT2D eigenvalue weighted by Crippen LogP contribution is 2.35. The van der Waals surface area contributed by atoms with Gasteiger partial charge < -0.3 is 5.32 Å². The number of aromatic amines is 2. The molecule has 1 heterocycles. The SMILES string of the molecule is CC[C@@H](Sc1n[nH]c(=O)[nH]c1=O)C(=O)Nc1ccccc1C(F)(F)F. The Balaban J connectivity index is 2.21. The fourth-order valence-electron chi connectivity index (χ4n) is 1.93. The number of nitrogens with one attached hydrogen (secondary N) is 3. The average Bonchev–Trinajstić information content (AvgIpc) is 2.53. The van der Waals surface area contributed by atoms with Gasteiger partial charge in [0.15, 0.2) is 5.03 Å². The maximum Gasteiger partial charge on any atom is 0.418 e. The van der Waals surface area contributed by atoms with Gasteiger partial charge in [-0.2, -0.15) is 18.3 Å². The van der Waals surface area contributed by atoms with E-state index < -0.39 is 34.1 Å². The van der Waals surface area contributed by atoms with E-state index in [0.717, 1.165) is 23.9 Å². The first-order chi connectivity index (χ1) is 11.7. The van der Waals surface area contributed by atoms with Gasteiger partial charge in [-0.1, -0.05) is 30.8 Å². The minimum atomic E-state index is -4.61. The van der Waals surface area contributed by atoms with Gasteiger partial charge in [-0.15, -0.1) is 0 Å². The number of carbonyl (C=O) groups is 1. The lowest BCUT2D eigenvalue weighted by Crippen LogP contribution is -2.29. The summed E-state index contributed by atoms with van der Waals surface area (Å²) in [6.07, 6.45) is -4.39. The van der Waals surface area contributed by atoms with Crippen LogP contribution in [0.5, 0.6) is 0 Å². The second kappa shape index (κ2) is 7.55. The summed E-state index contributed by atoms with van der Waals surface area (Å²) >= 11 is 0.746. The van der Waals surface area contributed by atoms with E-state index >= 15 is 0 Å². The lowest BCUT2D eigenvalue weighted by molar-refractivity contribution is -0.137. The van der Waals surface area contributed by atoms with Gasteiger partial charge in [0, 0.05) is 0 Å². The third-order valence-corrected chi connectivity index (χ3v) is 4.42. The van der Waals surface area contributed by atoms with Crippen molar-refractivity contribution in [1.29, 1.82) is 0 Å². The standard InChI is InChI=1S/C14H13F3N4O3S/c1-2-9(25-12-11(23)19-13(24)21-20-12)10(22)18-8-6-4-3-5-7(8)14(15,16)17/h3-6,9H,2H2,1H3,(H,18,22)(H2,19,21,23,24)/t9-/m1/s1. The molecule has 3 N–H and O–H groups in total. The van der Waals surface area contributed by atoms with E-state index in [1.165, 1.54) is 12.1 Å². The predicted molar refractivity (Wildman–Crippen MR) is 85.5 cm³/mol.